The van der Waals surface area contributed by atoms with Crippen LogP contribution in [0.4, 0.5) is 0 Å². The van der Waals surface area contributed by atoms with Crippen LogP contribution < -0.4 is 0 Å². The molecule has 0 radical (unpaired) electrons. The van der Waals surface area contributed by atoms with Crippen molar-refractivity contribution in [1.29, 1.82) is 0 Å². The van der Waals surface area contributed by atoms with Gasteiger partial charge in [0.25, 0.3) is 0 Å². The summed E-state index contributed by atoms with van der Waals surface area (Å²) in [7, 11) is 0. The van der Waals surface area contributed by atoms with Crippen LogP contribution in [-0.2, 0) is 5.41 Å². The van der Waals surface area contributed by atoms with Crippen molar-refractivity contribution in [2.75, 3.05) is 0 Å². The zero-order chi connectivity index (χ0) is 19.8. The highest BCUT2D eigenvalue weighted by Gasteiger charge is 2.39. The summed E-state index contributed by atoms with van der Waals surface area (Å²) >= 11 is 1.90. The van der Waals surface area contributed by atoms with Gasteiger partial charge in [-0.1, -0.05) is 79.6 Å². The van der Waals surface area contributed by atoms with Crippen LogP contribution in [-0.4, -0.2) is 0 Å². The topological polar surface area (TPSA) is 0 Å². The molecule has 1 heteroatoms. The predicted octanol–water partition coefficient (Wildman–Crippen LogP) is 8.15. The van der Waals surface area contributed by atoms with E-state index in [2.05, 4.69) is 93.6 Å². The molecule has 1 heterocycles. The average molecular weight is 393 g/mol. The first-order chi connectivity index (χ1) is 14.0. The Morgan fingerprint density at radius 3 is 2.62 bits per heavy atom. The number of fused-ring (bicyclic) bond motifs is 5. The van der Waals surface area contributed by atoms with Crippen molar-refractivity contribution in [3.05, 3.63) is 101 Å². The Kier molecular flexibility index (Phi) is 3.53. The first kappa shape index (κ1) is 17.2. The fraction of sp³-hybridized carbons (Fsp3) is 0.214. The second-order valence-corrected chi connectivity index (χ2v) is 10.2. The van der Waals surface area contributed by atoms with Crippen molar-refractivity contribution in [3.63, 3.8) is 0 Å². The minimum Gasteiger partial charge on any atom is -0.135 e. The van der Waals surface area contributed by atoms with E-state index in [-0.39, 0.29) is 5.41 Å². The van der Waals surface area contributed by atoms with E-state index in [1.807, 2.05) is 11.3 Å². The summed E-state index contributed by atoms with van der Waals surface area (Å²) in [5.74, 6) is 0.450. The Labute approximate surface area is 176 Å². The average Bonchev–Trinajstić information content (AvgIpc) is 3.20. The molecule has 1 unspecified atom stereocenters. The molecule has 142 valence electrons. The first-order valence-electron chi connectivity index (χ1n) is 10.5. The lowest BCUT2D eigenvalue weighted by atomic mass is 9.75. The van der Waals surface area contributed by atoms with Crippen molar-refractivity contribution in [2.45, 2.75) is 38.5 Å². The van der Waals surface area contributed by atoms with Gasteiger partial charge in [0, 0.05) is 31.5 Å². The van der Waals surface area contributed by atoms with Crippen molar-refractivity contribution >= 4 is 37.1 Å². The Hall–Kier alpha value is -2.64. The zero-order valence-corrected chi connectivity index (χ0v) is 17.9. The third kappa shape index (κ3) is 2.44. The molecule has 2 aliphatic rings. The monoisotopic (exact) mass is 392 g/mol. The summed E-state index contributed by atoms with van der Waals surface area (Å²) in [5, 5.41) is 2.79. The Bertz CT molecular complexity index is 1360. The maximum absolute atomic E-state index is 2.44. The molecule has 6 rings (SSSR count). The molecule has 1 atom stereocenters. The zero-order valence-electron chi connectivity index (χ0n) is 17.1. The van der Waals surface area contributed by atoms with E-state index >= 15 is 0 Å². The summed E-state index contributed by atoms with van der Waals surface area (Å²) in [6.07, 6.45) is 5.93. The number of allylic oxidation sites excluding steroid dienone is 4. The third-order valence-corrected chi connectivity index (χ3v) is 8.12. The van der Waals surface area contributed by atoms with Crippen molar-refractivity contribution in [3.8, 4) is 0 Å². The molecule has 0 saturated carbocycles. The van der Waals surface area contributed by atoms with Gasteiger partial charge in [-0.25, -0.2) is 0 Å². The minimum atomic E-state index is 0.110. The molecule has 0 saturated heterocycles. The largest absolute Gasteiger partial charge is 0.135 e. The minimum absolute atomic E-state index is 0.110. The number of hydrogen-bond donors (Lipinski definition) is 0. The number of benzene rings is 3. The fourth-order valence-corrected chi connectivity index (χ4v) is 6.42. The van der Waals surface area contributed by atoms with Gasteiger partial charge >= 0.3 is 0 Å². The van der Waals surface area contributed by atoms with Crippen LogP contribution >= 0.6 is 11.3 Å². The van der Waals surface area contributed by atoms with Gasteiger partial charge in [-0.3, -0.25) is 0 Å². The Balaban J connectivity index is 1.43. The van der Waals surface area contributed by atoms with E-state index in [1.165, 1.54) is 48.0 Å². The SMILES string of the molecule is Cc1ccc2c(c1)C(C)(C)C1=C2C=CC(c2ccc3sc4ccccc4c3c2)C1. The molecule has 0 spiro atoms. The molecule has 0 amide bonds. The lowest BCUT2D eigenvalue weighted by molar-refractivity contribution is 0.590. The molecule has 0 aliphatic heterocycles. The van der Waals surface area contributed by atoms with E-state index in [1.54, 1.807) is 5.57 Å². The lowest BCUT2D eigenvalue weighted by Crippen LogP contribution is -2.19. The molecule has 0 bridgehead atoms. The molecule has 29 heavy (non-hydrogen) atoms. The highest BCUT2D eigenvalue weighted by atomic mass is 32.1. The van der Waals surface area contributed by atoms with Gasteiger partial charge in [-0.15, -0.1) is 11.3 Å². The smallest absolute Gasteiger partial charge is 0.0355 e. The molecule has 0 fully saturated rings. The molecule has 3 aromatic carbocycles. The predicted molar refractivity (Wildman–Crippen MR) is 127 cm³/mol. The number of rotatable bonds is 1. The second-order valence-electron chi connectivity index (χ2n) is 9.09. The fourth-order valence-electron chi connectivity index (χ4n) is 5.33. The molecule has 4 aromatic rings. The van der Waals surface area contributed by atoms with Gasteiger partial charge in [0.2, 0.25) is 0 Å². The molecule has 2 aliphatic carbocycles. The van der Waals surface area contributed by atoms with Crippen molar-refractivity contribution in [2.24, 2.45) is 0 Å². The summed E-state index contributed by atoms with van der Waals surface area (Å²) in [6, 6.07) is 22.9. The number of hydrogen-bond acceptors (Lipinski definition) is 1. The summed E-state index contributed by atoms with van der Waals surface area (Å²) < 4.78 is 2.77. The maximum Gasteiger partial charge on any atom is 0.0355 e. The highest BCUT2D eigenvalue weighted by molar-refractivity contribution is 7.25. The van der Waals surface area contributed by atoms with Crippen LogP contribution in [0.5, 0.6) is 0 Å². The second kappa shape index (κ2) is 5.93. The van der Waals surface area contributed by atoms with Crippen LogP contribution in [0.2, 0.25) is 0 Å². The lowest BCUT2D eigenvalue weighted by Gasteiger charge is -2.29. The number of thiophene rings is 1. The normalized spacial score (nSPS) is 19.8. The first-order valence-corrected chi connectivity index (χ1v) is 11.3. The van der Waals surface area contributed by atoms with Gasteiger partial charge < -0.3 is 0 Å². The Morgan fingerprint density at radius 2 is 1.72 bits per heavy atom. The molecular weight excluding hydrogens is 368 g/mol. The molecule has 0 N–H and O–H groups in total. The molecular formula is C28H24S. The molecule has 0 nitrogen and oxygen atoms in total. The van der Waals surface area contributed by atoms with Gasteiger partial charge in [0.05, 0.1) is 0 Å². The summed E-state index contributed by atoms with van der Waals surface area (Å²) in [5.41, 5.74) is 8.89. The van der Waals surface area contributed by atoms with Crippen LogP contribution in [0.15, 0.2) is 78.4 Å². The summed E-state index contributed by atoms with van der Waals surface area (Å²) in [6.45, 7) is 7.01. The highest BCUT2D eigenvalue weighted by Crippen LogP contribution is 2.52. The van der Waals surface area contributed by atoms with E-state index in [0.717, 1.165) is 6.42 Å². The van der Waals surface area contributed by atoms with Crippen LogP contribution in [0, 0.1) is 6.92 Å². The maximum atomic E-state index is 2.44. The standard InChI is InChI=1S/C28H24S/c1-17-8-11-20-21-12-9-19(16-25(21)28(2,3)24(20)14-17)18-10-13-27-23(15-18)22-6-4-5-7-26(22)29-27/h4-15,19H,16H2,1-3H3. The van der Waals surface area contributed by atoms with E-state index in [0.29, 0.717) is 5.92 Å². The third-order valence-electron chi connectivity index (χ3n) is 6.97. The van der Waals surface area contributed by atoms with Crippen LogP contribution in [0.25, 0.3) is 25.7 Å². The van der Waals surface area contributed by atoms with E-state index < -0.39 is 0 Å². The van der Waals surface area contributed by atoms with E-state index in [9.17, 15) is 0 Å². The van der Waals surface area contributed by atoms with Gasteiger partial charge in [-0.05, 0) is 53.8 Å². The van der Waals surface area contributed by atoms with Crippen molar-refractivity contribution in [1.82, 2.24) is 0 Å². The van der Waals surface area contributed by atoms with Crippen LogP contribution in [0.1, 0.15) is 48.4 Å². The quantitative estimate of drug-likeness (QED) is 0.306. The van der Waals surface area contributed by atoms with Crippen molar-refractivity contribution < 1.29 is 0 Å². The van der Waals surface area contributed by atoms with Gasteiger partial charge in [0.15, 0.2) is 0 Å². The van der Waals surface area contributed by atoms with E-state index in [4.69, 9.17) is 0 Å². The Morgan fingerprint density at radius 1 is 0.897 bits per heavy atom. The van der Waals surface area contributed by atoms with Crippen LogP contribution in [0.3, 0.4) is 0 Å². The van der Waals surface area contributed by atoms with Gasteiger partial charge in [-0.2, -0.15) is 0 Å². The number of aryl methyl sites for hydroxylation is 1. The van der Waals surface area contributed by atoms with Gasteiger partial charge in [0.1, 0.15) is 0 Å². The molecule has 1 aromatic heterocycles. The summed E-state index contributed by atoms with van der Waals surface area (Å²) in [4.78, 5) is 0.